The Morgan fingerprint density at radius 2 is 1.63 bits per heavy atom. The zero-order valence-electron chi connectivity index (χ0n) is 10.5. The molecular weight excluding hydrogens is 251 g/mol. The summed E-state index contributed by atoms with van der Waals surface area (Å²) >= 11 is 0. The maximum Gasteiger partial charge on any atom is 0.128 e. The van der Waals surface area contributed by atoms with E-state index in [4.69, 9.17) is 0 Å². The maximum absolute atomic E-state index is 13.8. The summed E-state index contributed by atoms with van der Waals surface area (Å²) in [6, 6.07) is 8.85. The van der Waals surface area contributed by atoms with Crippen molar-refractivity contribution < 1.29 is 13.2 Å². The molecule has 0 aromatic heterocycles. The standard InChI is InChI=1S/C15H14F3N/c1-2-19-15(13-5-3-4-6-14(13)18)10-7-11(16)9-12(17)8-10/h3-9,15,19H,2H2,1H3. The van der Waals surface area contributed by atoms with Crippen LogP contribution in [0, 0.1) is 17.5 Å². The minimum atomic E-state index is -0.672. The lowest BCUT2D eigenvalue weighted by Gasteiger charge is -2.19. The number of hydrogen-bond acceptors (Lipinski definition) is 1. The van der Waals surface area contributed by atoms with Crippen molar-refractivity contribution in [2.75, 3.05) is 6.54 Å². The lowest BCUT2D eigenvalue weighted by Crippen LogP contribution is -2.23. The third-order valence-corrected chi connectivity index (χ3v) is 2.84. The van der Waals surface area contributed by atoms with E-state index in [0.717, 1.165) is 6.07 Å². The topological polar surface area (TPSA) is 12.0 Å². The van der Waals surface area contributed by atoms with Crippen molar-refractivity contribution in [1.82, 2.24) is 5.32 Å². The molecule has 1 unspecified atom stereocenters. The van der Waals surface area contributed by atoms with E-state index < -0.39 is 23.5 Å². The fourth-order valence-corrected chi connectivity index (χ4v) is 2.06. The Balaban J connectivity index is 2.48. The van der Waals surface area contributed by atoms with E-state index in [0.29, 0.717) is 17.7 Å². The quantitative estimate of drug-likeness (QED) is 0.886. The molecule has 0 saturated carbocycles. The summed E-state index contributed by atoms with van der Waals surface area (Å²) in [4.78, 5) is 0. The van der Waals surface area contributed by atoms with Gasteiger partial charge in [-0.1, -0.05) is 25.1 Å². The van der Waals surface area contributed by atoms with Gasteiger partial charge in [0.2, 0.25) is 0 Å². The molecule has 100 valence electrons. The van der Waals surface area contributed by atoms with Crippen LogP contribution < -0.4 is 5.32 Å². The summed E-state index contributed by atoms with van der Waals surface area (Å²) in [5, 5.41) is 3.04. The van der Waals surface area contributed by atoms with Crippen molar-refractivity contribution in [2.24, 2.45) is 0 Å². The molecule has 1 atom stereocenters. The highest BCUT2D eigenvalue weighted by Crippen LogP contribution is 2.25. The Bertz CT molecular complexity index is 549. The van der Waals surface area contributed by atoms with Crippen molar-refractivity contribution in [1.29, 1.82) is 0 Å². The Hall–Kier alpha value is -1.81. The Morgan fingerprint density at radius 3 is 2.21 bits per heavy atom. The van der Waals surface area contributed by atoms with Crippen LogP contribution in [0.5, 0.6) is 0 Å². The van der Waals surface area contributed by atoms with E-state index in [1.165, 1.54) is 18.2 Å². The summed E-state index contributed by atoms with van der Waals surface area (Å²) < 4.78 is 40.4. The van der Waals surface area contributed by atoms with Gasteiger partial charge in [-0.3, -0.25) is 0 Å². The largest absolute Gasteiger partial charge is 0.306 e. The molecule has 0 aliphatic heterocycles. The molecule has 2 aromatic rings. The molecule has 1 N–H and O–H groups in total. The SMILES string of the molecule is CCNC(c1cc(F)cc(F)c1)c1ccccc1F. The van der Waals surface area contributed by atoms with Crippen LogP contribution in [0.25, 0.3) is 0 Å². The van der Waals surface area contributed by atoms with E-state index in [1.54, 1.807) is 18.2 Å². The number of rotatable bonds is 4. The minimum absolute atomic E-state index is 0.365. The molecular formula is C15H14F3N. The highest BCUT2D eigenvalue weighted by Gasteiger charge is 2.18. The molecule has 0 spiro atoms. The van der Waals surface area contributed by atoms with E-state index in [1.807, 2.05) is 6.92 Å². The molecule has 1 nitrogen and oxygen atoms in total. The van der Waals surface area contributed by atoms with Crippen LogP contribution in [-0.2, 0) is 0 Å². The lowest BCUT2D eigenvalue weighted by molar-refractivity contribution is 0.543. The number of nitrogens with one attached hydrogen (secondary N) is 1. The van der Waals surface area contributed by atoms with Gasteiger partial charge in [0.1, 0.15) is 17.5 Å². The first-order valence-electron chi connectivity index (χ1n) is 6.05. The average molecular weight is 265 g/mol. The van der Waals surface area contributed by atoms with Crippen LogP contribution in [-0.4, -0.2) is 6.54 Å². The molecule has 0 aliphatic carbocycles. The fraction of sp³-hybridized carbons (Fsp3) is 0.200. The molecule has 0 heterocycles. The third kappa shape index (κ3) is 3.15. The molecule has 0 amide bonds. The van der Waals surface area contributed by atoms with Gasteiger partial charge in [-0.05, 0) is 30.3 Å². The molecule has 19 heavy (non-hydrogen) atoms. The highest BCUT2D eigenvalue weighted by molar-refractivity contribution is 5.33. The molecule has 0 aliphatic rings. The zero-order chi connectivity index (χ0) is 13.8. The summed E-state index contributed by atoms with van der Waals surface area (Å²) in [7, 11) is 0. The Labute approximate surface area is 110 Å². The van der Waals surface area contributed by atoms with Crippen LogP contribution >= 0.6 is 0 Å². The van der Waals surface area contributed by atoms with Gasteiger partial charge in [-0.2, -0.15) is 0 Å². The van der Waals surface area contributed by atoms with Gasteiger partial charge in [0, 0.05) is 11.6 Å². The lowest BCUT2D eigenvalue weighted by atomic mass is 9.98. The van der Waals surface area contributed by atoms with E-state index >= 15 is 0 Å². The molecule has 0 fully saturated rings. The third-order valence-electron chi connectivity index (χ3n) is 2.84. The predicted octanol–water partition coefficient (Wildman–Crippen LogP) is 3.80. The van der Waals surface area contributed by atoms with Crippen LogP contribution in [0.3, 0.4) is 0 Å². The van der Waals surface area contributed by atoms with E-state index in [-0.39, 0.29) is 0 Å². The molecule has 0 bridgehead atoms. The van der Waals surface area contributed by atoms with Crippen molar-refractivity contribution in [2.45, 2.75) is 13.0 Å². The van der Waals surface area contributed by atoms with Crippen LogP contribution in [0.15, 0.2) is 42.5 Å². The van der Waals surface area contributed by atoms with Gasteiger partial charge >= 0.3 is 0 Å². The van der Waals surface area contributed by atoms with Crippen molar-refractivity contribution in [3.8, 4) is 0 Å². The second-order valence-corrected chi connectivity index (χ2v) is 4.21. The van der Waals surface area contributed by atoms with Gasteiger partial charge in [0.25, 0.3) is 0 Å². The highest BCUT2D eigenvalue weighted by atomic mass is 19.1. The summed E-state index contributed by atoms with van der Waals surface area (Å²) in [5.41, 5.74) is 0.735. The monoisotopic (exact) mass is 265 g/mol. The second kappa shape index (κ2) is 5.89. The first kappa shape index (κ1) is 13.6. The molecule has 0 saturated heterocycles. The summed E-state index contributed by atoms with van der Waals surface area (Å²) in [5.74, 6) is -1.75. The maximum atomic E-state index is 13.8. The van der Waals surface area contributed by atoms with Crippen LogP contribution in [0.4, 0.5) is 13.2 Å². The first-order valence-corrected chi connectivity index (χ1v) is 6.05. The smallest absolute Gasteiger partial charge is 0.128 e. The van der Waals surface area contributed by atoms with Crippen LogP contribution in [0.1, 0.15) is 24.1 Å². The number of benzene rings is 2. The van der Waals surface area contributed by atoms with Gasteiger partial charge in [0.05, 0.1) is 6.04 Å². The molecule has 2 aromatic carbocycles. The average Bonchev–Trinajstić information content (AvgIpc) is 2.36. The van der Waals surface area contributed by atoms with E-state index in [9.17, 15) is 13.2 Å². The van der Waals surface area contributed by atoms with E-state index in [2.05, 4.69) is 5.32 Å². The number of hydrogen-bond donors (Lipinski definition) is 1. The van der Waals surface area contributed by atoms with Gasteiger partial charge in [0.15, 0.2) is 0 Å². The van der Waals surface area contributed by atoms with Gasteiger partial charge in [-0.25, -0.2) is 13.2 Å². The van der Waals surface area contributed by atoms with Crippen LogP contribution in [0.2, 0.25) is 0 Å². The van der Waals surface area contributed by atoms with Crippen molar-refractivity contribution in [3.05, 3.63) is 71.0 Å². The zero-order valence-corrected chi connectivity index (χ0v) is 10.5. The minimum Gasteiger partial charge on any atom is -0.306 e. The predicted molar refractivity (Wildman–Crippen MR) is 68.3 cm³/mol. The number of halogens is 3. The summed E-state index contributed by atoms with van der Waals surface area (Å²) in [6.07, 6.45) is 0. The first-order chi connectivity index (χ1) is 9.11. The van der Waals surface area contributed by atoms with Crippen molar-refractivity contribution in [3.63, 3.8) is 0 Å². The Kier molecular flexibility index (Phi) is 4.22. The second-order valence-electron chi connectivity index (χ2n) is 4.21. The van der Waals surface area contributed by atoms with Gasteiger partial charge < -0.3 is 5.32 Å². The molecule has 4 heteroatoms. The normalized spacial score (nSPS) is 12.4. The van der Waals surface area contributed by atoms with Crippen molar-refractivity contribution >= 4 is 0 Å². The molecule has 2 rings (SSSR count). The molecule has 0 radical (unpaired) electrons. The Morgan fingerprint density at radius 1 is 1.00 bits per heavy atom. The summed E-state index contributed by atoms with van der Waals surface area (Å²) in [6.45, 7) is 2.40. The fourth-order valence-electron chi connectivity index (χ4n) is 2.06. The van der Waals surface area contributed by atoms with Gasteiger partial charge in [-0.15, -0.1) is 0 Å².